The summed E-state index contributed by atoms with van der Waals surface area (Å²) in [5.74, 6) is -0.277. The third-order valence-electron chi connectivity index (χ3n) is 12.8. The molecule has 2 aromatic rings. The molecule has 4 aliphatic heterocycles. The van der Waals surface area contributed by atoms with E-state index in [4.69, 9.17) is 56.2 Å². The minimum Gasteiger partial charge on any atom is -0.493 e. The minimum absolute atomic E-state index is 0.0206. The molecule has 15 nitrogen and oxygen atoms in total. The molecule has 11 atom stereocenters. The van der Waals surface area contributed by atoms with Gasteiger partial charge < -0.3 is 61.9 Å². The summed E-state index contributed by atoms with van der Waals surface area (Å²) < 4.78 is 72.9. The van der Waals surface area contributed by atoms with Crippen LogP contribution in [0.4, 0.5) is 0 Å². The Morgan fingerprint density at radius 2 is 1.45 bits per heavy atom. The van der Waals surface area contributed by atoms with E-state index in [-0.39, 0.29) is 20.0 Å². The molecule has 0 saturated carbocycles. The Morgan fingerprint density at radius 3 is 2.12 bits per heavy atom. The summed E-state index contributed by atoms with van der Waals surface area (Å²) in [6.45, 7) is 10.5. The molecule has 1 unspecified atom stereocenters. The van der Waals surface area contributed by atoms with Crippen molar-refractivity contribution in [3.8, 4) is 28.7 Å². The molecule has 0 aromatic heterocycles. The van der Waals surface area contributed by atoms with Crippen molar-refractivity contribution >= 4 is 14.6 Å². The number of benzene rings is 2. The lowest BCUT2D eigenvalue weighted by Gasteiger charge is -2.47. The third kappa shape index (κ3) is 13.0. The van der Waals surface area contributed by atoms with E-state index in [1.807, 2.05) is 45.0 Å². The predicted octanol–water partition coefficient (Wildman–Crippen LogP) is 9.88. The Kier molecular flexibility index (Phi) is 18.7. The third-order valence-corrected chi connectivity index (χ3v) is 14.2. The predicted molar refractivity (Wildman–Crippen MR) is 250 cm³/mol. The molecule has 7 rings (SSSR count). The number of ether oxygens (including phenoxy) is 9. The zero-order valence-electron chi connectivity index (χ0n) is 40.4. The molecule has 4 heterocycles. The van der Waals surface area contributed by atoms with Crippen LogP contribution in [0.15, 0.2) is 48.6 Å². The second-order valence-corrected chi connectivity index (χ2v) is 20.0. The molecular weight excluding hydrogens is 884 g/mol. The van der Waals surface area contributed by atoms with Gasteiger partial charge in [0.2, 0.25) is 12.5 Å². The first kappa shape index (κ1) is 51.4. The number of hydrogen-bond donors (Lipinski definition) is 2. The molecule has 372 valence electrons. The van der Waals surface area contributed by atoms with E-state index < -0.39 is 81.0 Å². The number of esters is 1. The maximum Gasteiger partial charge on any atom is 0.398 e. The summed E-state index contributed by atoms with van der Waals surface area (Å²) in [5.41, 5.74) is 1.51. The Hall–Kier alpha value is -3.50. The van der Waals surface area contributed by atoms with Crippen LogP contribution in [-0.2, 0) is 37.5 Å². The van der Waals surface area contributed by atoms with Crippen molar-refractivity contribution in [1.82, 2.24) is 0 Å². The quantitative estimate of drug-likeness (QED) is 0.0441. The van der Waals surface area contributed by atoms with Crippen LogP contribution in [-0.4, -0.2) is 99.6 Å². The van der Waals surface area contributed by atoms with E-state index in [0.717, 1.165) is 32.1 Å². The molecule has 3 saturated heterocycles. The highest BCUT2D eigenvalue weighted by Crippen LogP contribution is 2.58. The normalized spacial score (nSPS) is 28.3. The Labute approximate surface area is 397 Å². The number of methoxy groups -OCH3 is 2. The van der Waals surface area contributed by atoms with Crippen molar-refractivity contribution in [2.24, 2.45) is 11.8 Å². The first-order valence-electron chi connectivity index (χ1n) is 24.3. The average Bonchev–Trinajstić information content (AvgIpc) is 3.94. The summed E-state index contributed by atoms with van der Waals surface area (Å²) in [7, 11) is 1.20. The van der Waals surface area contributed by atoms with Crippen LogP contribution in [0.2, 0.25) is 0 Å². The minimum atomic E-state index is -1.89. The second kappa shape index (κ2) is 24.4. The van der Waals surface area contributed by atoms with Gasteiger partial charge in [-0.05, 0) is 107 Å². The van der Waals surface area contributed by atoms with Crippen LogP contribution in [0, 0.1) is 11.8 Å². The van der Waals surface area contributed by atoms with Crippen molar-refractivity contribution in [1.29, 1.82) is 0 Å². The second-order valence-electron chi connectivity index (χ2n) is 18.9. The molecule has 0 amide bonds. The van der Waals surface area contributed by atoms with Gasteiger partial charge >= 0.3 is 14.6 Å². The van der Waals surface area contributed by atoms with Crippen molar-refractivity contribution in [3.63, 3.8) is 0 Å². The Morgan fingerprint density at radius 1 is 0.791 bits per heavy atom. The SMILES string of the molecule is CCCCC/C=C\C/C=C\CCCCCCCCOP(Oc1c(OC)cc([C@@H]2c3cc4c(cc3[C@@H](O[C@@H]3O[C@@H]5CO[C@@H](C)O[C@H]5[C@H](O)[C@H]3O)[C@H]3COC(=O)[C@H]23)OCO4)cc1OC)OC(C)(C)C. The number of carbonyl (C=O) groups excluding carboxylic acids is 1. The lowest BCUT2D eigenvalue weighted by molar-refractivity contribution is -0.364. The molecule has 0 bridgehead atoms. The van der Waals surface area contributed by atoms with Gasteiger partial charge in [0.25, 0.3) is 0 Å². The van der Waals surface area contributed by atoms with E-state index in [9.17, 15) is 15.0 Å². The fraction of sp³-hybridized carbons (Fsp3) is 0.667. The highest BCUT2D eigenvalue weighted by atomic mass is 31.2. The van der Waals surface area contributed by atoms with Crippen LogP contribution in [0.25, 0.3) is 0 Å². The van der Waals surface area contributed by atoms with Crippen molar-refractivity contribution in [2.75, 3.05) is 40.8 Å². The number of allylic oxidation sites excluding steroid dienone is 4. The average molecular weight is 957 g/mol. The number of unbranched alkanes of at least 4 members (excludes halogenated alkanes) is 9. The van der Waals surface area contributed by atoms with Crippen molar-refractivity contribution in [2.45, 2.75) is 166 Å². The zero-order chi connectivity index (χ0) is 47.5. The molecule has 2 aromatic carbocycles. The van der Waals surface area contributed by atoms with Crippen molar-refractivity contribution in [3.05, 3.63) is 65.3 Å². The molecule has 2 N–H and O–H groups in total. The summed E-state index contributed by atoms with van der Waals surface area (Å²) in [6, 6.07) is 7.37. The summed E-state index contributed by atoms with van der Waals surface area (Å²) in [5, 5.41) is 22.5. The maximum absolute atomic E-state index is 13.9. The molecule has 16 heteroatoms. The van der Waals surface area contributed by atoms with Crippen LogP contribution in [0.3, 0.4) is 0 Å². The Balaban J connectivity index is 1.03. The van der Waals surface area contributed by atoms with Gasteiger partial charge in [0.1, 0.15) is 24.4 Å². The number of aliphatic hydroxyl groups excluding tert-OH is 2. The summed E-state index contributed by atoms with van der Waals surface area (Å²) in [6.07, 6.45) is 16.1. The largest absolute Gasteiger partial charge is 0.493 e. The fourth-order valence-electron chi connectivity index (χ4n) is 9.41. The molecule has 0 radical (unpaired) electrons. The van der Waals surface area contributed by atoms with Crippen LogP contribution >= 0.6 is 8.60 Å². The number of hydrogen-bond acceptors (Lipinski definition) is 15. The first-order chi connectivity index (χ1) is 32.4. The monoisotopic (exact) mass is 956 g/mol. The molecular formula is C51H73O15P. The molecule has 5 aliphatic rings. The highest BCUT2D eigenvalue weighted by Gasteiger charge is 2.56. The lowest BCUT2D eigenvalue weighted by atomic mass is 9.66. The maximum atomic E-state index is 13.9. The van der Waals surface area contributed by atoms with Gasteiger partial charge in [0.15, 0.2) is 35.6 Å². The molecule has 1 aliphatic carbocycles. The van der Waals surface area contributed by atoms with E-state index in [0.29, 0.717) is 52.0 Å². The van der Waals surface area contributed by atoms with E-state index in [1.165, 1.54) is 44.9 Å². The van der Waals surface area contributed by atoms with Gasteiger partial charge in [-0.1, -0.05) is 69.8 Å². The van der Waals surface area contributed by atoms with E-state index in [2.05, 4.69) is 31.2 Å². The van der Waals surface area contributed by atoms with Gasteiger partial charge in [-0.3, -0.25) is 9.32 Å². The number of aliphatic hydroxyl groups is 2. The number of cyclic esters (lactones) is 1. The van der Waals surface area contributed by atoms with E-state index >= 15 is 0 Å². The van der Waals surface area contributed by atoms with Gasteiger partial charge in [-0.25, -0.2) is 0 Å². The van der Waals surface area contributed by atoms with Crippen molar-refractivity contribution < 1.29 is 71.2 Å². The fourth-order valence-corrected chi connectivity index (χ4v) is 10.6. The number of fused-ring (bicyclic) bond motifs is 4. The summed E-state index contributed by atoms with van der Waals surface area (Å²) in [4.78, 5) is 13.9. The summed E-state index contributed by atoms with van der Waals surface area (Å²) >= 11 is 0. The molecule has 0 spiro atoms. The standard InChI is InChI=1S/C51H73O15P/c1-8-9-10-11-12-13-14-15-16-17-18-19-20-21-22-23-24-61-67(66-51(3,4)5)65-47-39(55-6)25-33(26-40(47)56-7)42-34-27-37-38(60-31-59-37)28-35(34)46(36-29-58-49(54)43(36)42)64-50-45(53)44(52)48-41(63-50)30-57-32(2)62-48/h12-13,15-16,25-28,32,36,41-46,48,50,52-53H,8-11,14,17-24,29-31H2,1-7H3/b13-12-,16-15-/t32-,36+,41-,42-,43+,44-,45-,46-,48-,50+,67?/m1/s1. The lowest BCUT2D eigenvalue weighted by Crippen LogP contribution is -2.63. The highest BCUT2D eigenvalue weighted by molar-refractivity contribution is 7.42. The number of carbonyl (C=O) groups is 1. The topological polar surface area (TPSA) is 168 Å². The zero-order valence-corrected chi connectivity index (χ0v) is 41.2. The van der Waals surface area contributed by atoms with Gasteiger partial charge in [0.05, 0.1) is 51.7 Å². The van der Waals surface area contributed by atoms with E-state index in [1.54, 1.807) is 21.1 Å². The van der Waals surface area contributed by atoms with Crippen LogP contribution in [0.1, 0.15) is 140 Å². The first-order valence-corrected chi connectivity index (χ1v) is 25.4. The van der Waals surface area contributed by atoms with Gasteiger partial charge in [0, 0.05) is 11.8 Å². The molecule has 67 heavy (non-hydrogen) atoms. The smallest absolute Gasteiger partial charge is 0.398 e. The van der Waals surface area contributed by atoms with Gasteiger partial charge in [-0.2, -0.15) is 0 Å². The Bertz CT molecular complexity index is 1940. The van der Waals surface area contributed by atoms with Crippen LogP contribution < -0.4 is 23.5 Å². The van der Waals surface area contributed by atoms with Crippen LogP contribution in [0.5, 0.6) is 28.7 Å². The number of rotatable bonds is 24. The molecule has 3 fully saturated rings. The van der Waals surface area contributed by atoms with Gasteiger partial charge in [-0.15, -0.1) is 0 Å².